The number of aliphatic imine (C=N–C) groups is 1. The van der Waals surface area contributed by atoms with E-state index in [0.717, 1.165) is 49.5 Å². The number of rotatable bonds is 4. The lowest BCUT2D eigenvalue weighted by atomic mass is 10.2. The summed E-state index contributed by atoms with van der Waals surface area (Å²) in [6.07, 6.45) is 0. The van der Waals surface area contributed by atoms with E-state index in [2.05, 4.69) is 44.4 Å². The normalized spacial score (nSPS) is 14.3. The van der Waals surface area contributed by atoms with Gasteiger partial charge in [-0.15, -0.1) is 10.2 Å². The van der Waals surface area contributed by atoms with Gasteiger partial charge >= 0.3 is 0 Å². The van der Waals surface area contributed by atoms with Gasteiger partial charge in [0.15, 0.2) is 5.82 Å². The van der Waals surface area contributed by atoms with Gasteiger partial charge in [-0.3, -0.25) is 4.99 Å². The fourth-order valence-electron chi connectivity index (χ4n) is 2.31. The summed E-state index contributed by atoms with van der Waals surface area (Å²) in [5.74, 6) is 2.70. The molecule has 2 aromatic heterocycles. The molecule has 0 fully saturated rings. The second-order valence-electron chi connectivity index (χ2n) is 5.45. The summed E-state index contributed by atoms with van der Waals surface area (Å²) in [5.41, 5.74) is 2.26. The largest absolute Gasteiger partial charge is 0.378 e. The molecule has 0 N–H and O–H groups in total. The highest BCUT2D eigenvalue weighted by molar-refractivity contribution is 8.38. The molecule has 0 saturated carbocycles. The third kappa shape index (κ3) is 3.15. The Balaban J connectivity index is 1.60. The lowest BCUT2D eigenvalue weighted by molar-refractivity contribution is 0.888. The van der Waals surface area contributed by atoms with Crippen molar-refractivity contribution in [2.45, 2.75) is 5.75 Å². The van der Waals surface area contributed by atoms with Crippen molar-refractivity contribution in [1.82, 2.24) is 19.8 Å². The second kappa shape index (κ2) is 6.73. The van der Waals surface area contributed by atoms with E-state index >= 15 is 0 Å². The number of aromatic nitrogens is 4. The van der Waals surface area contributed by atoms with E-state index in [1.807, 2.05) is 30.4 Å². The minimum Gasteiger partial charge on any atom is -0.378 e. The number of hydrogen-bond acceptors (Lipinski definition) is 8. The van der Waals surface area contributed by atoms with Crippen molar-refractivity contribution in [3.63, 3.8) is 0 Å². The topological polar surface area (TPSA) is 58.7 Å². The maximum atomic E-state index is 4.72. The van der Waals surface area contributed by atoms with Crippen LogP contribution in [0.15, 0.2) is 29.3 Å². The Morgan fingerprint density at radius 1 is 1.29 bits per heavy atom. The standard InChI is InChI=1S/C15H16N6S3/c1-20(2)11-5-3-4-10(8-11)13-19-21-12(17-18-14(21)24-13)9-23-15-16-6-7-22-15/h3-5,8H,6-7,9H2,1-2H3. The van der Waals surface area contributed by atoms with E-state index in [4.69, 9.17) is 5.10 Å². The van der Waals surface area contributed by atoms with E-state index in [1.165, 1.54) is 0 Å². The molecule has 24 heavy (non-hydrogen) atoms. The Labute approximate surface area is 152 Å². The number of benzene rings is 1. The van der Waals surface area contributed by atoms with E-state index < -0.39 is 0 Å². The van der Waals surface area contributed by atoms with E-state index in [-0.39, 0.29) is 0 Å². The molecular weight excluding hydrogens is 360 g/mol. The lowest BCUT2D eigenvalue weighted by Crippen LogP contribution is -2.08. The van der Waals surface area contributed by atoms with Crippen LogP contribution in [-0.4, -0.2) is 50.6 Å². The Kier molecular flexibility index (Phi) is 4.47. The summed E-state index contributed by atoms with van der Waals surface area (Å²) in [4.78, 5) is 7.38. The predicted molar refractivity (Wildman–Crippen MR) is 104 cm³/mol. The van der Waals surface area contributed by atoms with Crippen LogP contribution in [0.4, 0.5) is 5.69 Å². The van der Waals surface area contributed by atoms with E-state index in [0.29, 0.717) is 0 Å². The van der Waals surface area contributed by atoms with Gasteiger partial charge in [0, 0.05) is 31.1 Å². The molecule has 0 unspecified atom stereocenters. The minimum atomic E-state index is 0.744. The van der Waals surface area contributed by atoms with Gasteiger partial charge in [0.05, 0.1) is 12.3 Å². The Hall–Kier alpha value is -1.58. The Morgan fingerprint density at radius 3 is 3.00 bits per heavy atom. The van der Waals surface area contributed by atoms with Gasteiger partial charge in [0.25, 0.3) is 0 Å². The monoisotopic (exact) mass is 376 g/mol. The first-order chi connectivity index (χ1) is 11.7. The van der Waals surface area contributed by atoms with Crippen LogP contribution in [0.25, 0.3) is 15.5 Å². The molecule has 6 nitrogen and oxygen atoms in total. The van der Waals surface area contributed by atoms with Crippen LogP contribution in [0.2, 0.25) is 0 Å². The maximum absolute atomic E-state index is 4.72. The average Bonchev–Trinajstić information content (AvgIpc) is 3.30. The first-order valence-corrected chi connectivity index (χ1v) is 10.3. The summed E-state index contributed by atoms with van der Waals surface area (Å²) >= 11 is 5.09. The molecule has 0 radical (unpaired) electrons. The third-order valence-electron chi connectivity index (χ3n) is 3.55. The minimum absolute atomic E-state index is 0.744. The molecule has 3 heterocycles. The van der Waals surface area contributed by atoms with Crippen LogP contribution in [0.1, 0.15) is 5.82 Å². The maximum Gasteiger partial charge on any atom is 0.235 e. The van der Waals surface area contributed by atoms with Gasteiger partial charge < -0.3 is 4.90 Å². The van der Waals surface area contributed by atoms with Crippen molar-refractivity contribution >= 4 is 49.9 Å². The second-order valence-corrected chi connectivity index (χ2v) is 8.71. The lowest BCUT2D eigenvalue weighted by Gasteiger charge is -2.12. The quantitative estimate of drug-likeness (QED) is 0.697. The molecule has 4 rings (SSSR count). The van der Waals surface area contributed by atoms with Crippen molar-refractivity contribution in [3.05, 3.63) is 30.1 Å². The Morgan fingerprint density at radius 2 is 2.21 bits per heavy atom. The molecule has 0 atom stereocenters. The van der Waals surface area contributed by atoms with Crippen molar-refractivity contribution in [2.75, 3.05) is 31.3 Å². The van der Waals surface area contributed by atoms with Crippen molar-refractivity contribution < 1.29 is 0 Å². The number of fused-ring (bicyclic) bond motifs is 1. The zero-order valence-corrected chi connectivity index (χ0v) is 15.8. The zero-order valence-electron chi connectivity index (χ0n) is 13.3. The van der Waals surface area contributed by atoms with Crippen LogP contribution in [-0.2, 0) is 5.75 Å². The SMILES string of the molecule is CN(C)c1cccc(-c2nn3c(CSC4=NCCS4)nnc3s2)c1. The average molecular weight is 377 g/mol. The molecule has 1 aliphatic rings. The summed E-state index contributed by atoms with van der Waals surface area (Å²) in [7, 11) is 4.08. The third-order valence-corrected chi connectivity index (χ3v) is 6.74. The molecule has 1 aromatic carbocycles. The van der Waals surface area contributed by atoms with Gasteiger partial charge in [0.1, 0.15) is 9.38 Å². The van der Waals surface area contributed by atoms with Crippen molar-refractivity contribution in [3.8, 4) is 10.6 Å². The molecule has 0 saturated heterocycles. The molecule has 0 aliphatic carbocycles. The van der Waals surface area contributed by atoms with Crippen LogP contribution in [0.3, 0.4) is 0 Å². The van der Waals surface area contributed by atoms with Gasteiger partial charge in [-0.1, -0.05) is 47.0 Å². The summed E-state index contributed by atoms with van der Waals surface area (Å²) < 4.78 is 3.00. The molecule has 124 valence electrons. The fraction of sp³-hybridized carbons (Fsp3) is 0.333. The molecule has 0 spiro atoms. The van der Waals surface area contributed by atoms with Gasteiger partial charge in [-0.2, -0.15) is 9.61 Å². The van der Waals surface area contributed by atoms with E-state index in [9.17, 15) is 0 Å². The summed E-state index contributed by atoms with van der Waals surface area (Å²) in [6, 6.07) is 8.37. The summed E-state index contributed by atoms with van der Waals surface area (Å²) in [5, 5.41) is 14.2. The van der Waals surface area contributed by atoms with Crippen LogP contribution < -0.4 is 4.90 Å². The molecule has 0 amide bonds. The van der Waals surface area contributed by atoms with E-state index in [1.54, 1.807) is 23.1 Å². The molecule has 3 aromatic rings. The van der Waals surface area contributed by atoms with Crippen molar-refractivity contribution in [1.29, 1.82) is 0 Å². The highest BCUT2D eigenvalue weighted by Crippen LogP contribution is 2.29. The Bertz CT molecular complexity index is 898. The number of thioether (sulfide) groups is 2. The molecule has 9 heteroatoms. The highest BCUT2D eigenvalue weighted by Gasteiger charge is 2.15. The number of nitrogens with zero attached hydrogens (tertiary/aromatic N) is 6. The molecular formula is C15H16N6S3. The molecule has 0 bridgehead atoms. The number of hydrogen-bond donors (Lipinski definition) is 0. The first-order valence-electron chi connectivity index (χ1n) is 7.49. The zero-order chi connectivity index (χ0) is 16.5. The smallest absolute Gasteiger partial charge is 0.235 e. The van der Waals surface area contributed by atoms with Gasteiger partial charge in [-0.05, 0) is 12.1 Å². The van der Waals surface area contributed by atoms with Gasteiger partial charge in [-0.25, -0.2) is 0 Å². The predicted octanol–water partition coefficient (Wildman–Crippen LogP) is 3.25. The highest BCUT2D eigenvalue weighted by atomic mass is 32.2. The first kappa shape index (κ1) is 15.9. The molecule has 1 aliphatic heterocycles. The van der Waals surface area contributed by atoms with Crippen LogP contribution in [0, 0.1) is 0 Å². The van der Waals surface area contributed by atoms with Gasteiger partial charge in [0.2, 0.25) is 4.96 Å². The van der Waals surface area contributed by atoms with Crippen LogP contribution >= 0.6 is 34.9 Å². The summed E-state index contributed by atoms with van der Waals surface area (Å²) in [6.45, 7) is 0.922. The van der Waals surface area contributed by atoms with Crippen molar-refractivity contribution in [2.24, 2.45) is 4.99 Å². The fourth-order valence-corrected chi connectivity index (χ4v) is 5.08. The van der Waals surface area contributed by atoms with Crippen LogP contribution in [0.5, 0.6) is 0 Å². The number of anilines is 1.